The van der Waals surface area contributed by atoms with Crippen molar-refractivity contribution in [1.82, 2.24) is 19.7 Å². The highest BCUT2D eigenvalue weighted by Crippen LogP contribution is 2.19. The van der Waals surface area contributed by atoms with Gasteiger partial charge in [0.1, 0.15) is 12.4 Å². The van der Waals surface area contributed by atoms with Crippen LogP contribution in [0.1, 0.15) is 5.56 Å². The largest absolute Gasteiger partial charge is 0.420 e. The Bertz CT molecular complexity index is 513. The summed E-state index contributed by atoms with van der Waals surface area (Å²) in [6, 6.07) is 3.76. The van der Waals surface area contributed by atoms with Gasteiger partial charge in [0.15, 0.2) is 5.75 Å². The van der Waals surface area contributed by atoms with E-state index in [9.17, 15) is 0 Å². The second-order valence-corrected chi connectivity index (χ2v) is 2.79. The van der Waals surface area contributed by atoms with E-state index in [2.05, 4.69) is 15.1 Å². The van der Waals surface area contributed by atoms with Gasteiger partial charge >= 0.3 is 6.01 Å². The van der Waals surface area contributed by atoms with E-state index < -0.39 is 0 Å². The highest BCUT2D eigenvalue weighted by Gasteiger charge is 2.06. The number of ether oxygens (including phenoxy) is 1. The predicted octanol–water partition coefficient (Wildman–Crippen LogP) is 0.874. The average molecular weight is 201 g/mol. The lowest BCUT2D eigenvalue weighted by Crippen LogP contribution is -1.92. The van der Waals surface area contributed by atoms with Crippen LogP contribution in [-0.2, 0) is 7.05 Å². The number of aryl methyl sites for hydroxylation is 1. The first kappa shape index (κ1) is 9.15. The average Bonchev–Trinajstić information content (AvgIpc) is 2.65. The molecule has 2 heterocycles. The van der Waals surface area contributed by atoms with Crippen molar-refractivity contribution in [2.75, 3.05) is 0 Å². The van der Waals surface area contributed by atoms with Gasteiger partial charge in [0, 0.05) is 13.2 Å². The molecule has 0 bridgehead atoms. The Morgan fingerprint density at radius 3 is 3.07 bits per heavy atom. The van der Waals surface area contributed by atoms with Crippen LogP contribution in [0.5, 0.6) is 11.8 Å². The van der Waals surface area contributed by atoms with Gasteiger partial charge in [-0.15, -0.1) is 5.10 Å². The molecule has 0 atom stereocenters. The maximum Gasteiger partial charge on any atom is 0.341 e. The monoisotopic (exact) mass is 201 g/mol. The van der Waals surface area contributed by atoms with Crippen LogP contribution in [0.15, 0.2) is 24.8 Å². The van der Waals surface area contributed by atoms with Crippen molar-refractivity contribution >= 4 is 0 Å². The number of hydrogen-bond donors (Lipinski definition) is 0. The normalized spacial score (nSPS) is 9.60. The van der Waals surface area contributed by atoms with E-state index in [0.717, 1.165) is 0 Å². The minimum Gasteiger partial charge on any atom is -0.420 e. The van der Waals surface area contributed by atoms with Crippen LogP contribution in [0, 0.1) is 11.3 Å². The zero-order valence-electron chi connectivity index (χ0n) is 7.95. The maximum atomic E-state index is 8.80. The fraction of sp³-hybridized carbons (Fsp3) is 0.111. The van der Waals surface area contributed by atoms with Crippen molar-refractivity contribution in [3.05, 3.63) is 30.4 Å². The first-order chi connectivity index (χ1) is 7.29. The fourth-order valence-corrected chi connectivity index (χ4v) is 1.02. The quantitative estimate of drug-likeness (QED) is 0.720. The van der Waals surface area contributed by atoms with E-state index in [4.69, 9.17) is 10.00 Å². The molecule has 0 fully saturated rings. The number of nitrogens with zero attached hydrogens (tertiary/aromatic N) is 5. The molecule has 6 heteroatoms. The Morgan fingerprint density at radius 2 is 2.40 bits per heavy atom. The van der Waals surface area contributed by atoms with E-state index in [0.29, 0.717) is 11.3 Å². The molecule has 2 rings (SSSR count). The molecule has 0 amide bonds. The minimum absolute atomic E-state index is 0.196. The molecule has 6 nitrogen and oxygen atoms in total. The van der Waals surface area contributed by atoms with Gasteiger partial charge in [0.25, 0.3) is 0 Å². The second kappa shape index (κ2) is 3.75. The molecule has 15 heavy (non-hydrogen) atoms. The molecule has 2 aromatic rings. The summed E-state index contributed by atoms with van der Waals surface area (Å²) in [5.41, 5.74) is 0.400. The second-order valence-electron chi connectivity index (χ2n) is 2.79. The number of hydrogen-bond acceptors (Lipinski definition) is 5. The van der Waals surface area contributed by atoms with E-state index in [1.54, 1.807) is 13.1 Å². The van der Waals surface area contributed by atoms with Crippen molar-refractivity contribution in [1.29, 1.82) is 5.26 Å². The summed E-state index contributed by atoms with van der Waals surface area (Å²) in [5, 5.41) is 12.7. The van der Waals surface area contributed by atoms with Crippen molar-refractivity contribution < 1.29 is 4.74 Å². The van der Waals surface area contributed by atoms with Crippen molar-refractivity contribution in [3.63, 3.8) is 0 Å². The van der Waals surface area contributed by atoms with Gasteiger partial charge in [-0.3, -0.25) is 9.67 Å². The lowest BCUT2D eigenvalue weighted by Gasteiger charge is -2.00. The van der Waals surface area contributed by atoms with E-state index in [1.165, 1.54) is 23.4 Å². The molecule has 2 aromatic heterocycles. The van der Waals surface area contributed by atoms with E-state index in [-0.39, 0.29) is 6.01 Å². The third kappa shape index (κ3) is 1.91. The van der Waals surface area contributed by atoms with Gasteiger partial charge in [-0.2, -0.15) is 10.2 Å². The molecule has 0 saturated carbocycles. The van der Waals surface area contributed by atoms with E-state index >= 15 is 0 Å². The first-order valence-electron chi connectivity index (χ1n) is 4.17. The van der Waals surface area contributed by atoms with Gasteiger partial charge in [-0.1, -0.05) is 0 Å². The number of rotatable bonds is 2. The van der Waals surface area contributed by atoms with Crippen LogP contribution < -0.4 is 4.74 Å². The van der Waals surface area contributed by atoms with Crippen LogP contribution in [0.25, 0.3) is 0 Å². The fourth-order valence-electron chi connectivity index (χ4n) is 1.02. The Morgan fingerprint density at radius 1 is 1.53 bits per heavy atom. The van der Waals surface area contributed by atoms with Crippen LogP contribution >= 0.6 is 0 Å². The Kier molecular flexibility index (Phi) is 2.29. The predicted molar refractivity (Wildman–Crippen MR) is 50.0 cm³/mol. The lowest BCUT2D eigenvalue weighted by molar-refractivity contribution is 0.436. The van der Waals surface area contributed by atoms with Crippen LogP contribution in [0.4, 0.5) is 0 Å². The molecule has 0 spiro atoms. The van der Waals surface area contributed by atoms with Crippen LogP contribution in [0.2, 0.25) is 0 Å². The summed E-state index contributed by atoms with van der Waals surface area (Å²) in [4.78, 5) is 7.74. The summed E-state index contributed by atoms with van der Waals surface area (Å²) in [5.74, 6) is 0.353. The SMILES string of the molecule is Cn1cnc(Oc2cnccc2C#N)n1. The summed E-state index contributed by atoms with van der Waals surface area (Å²) in [6.07, 6.45) is 4.49. The summed E-state index contributed by atoms with van der Waals surface area (Å²) in [7, 11) is 1.73. The smallest absolute Gasteiger partial charge is 0.341 e. The van der Waals surface area contributed by atoms with Crippen LogP contribution in [-0.4, -0.2) is 19.7 Å². The zero-order chi connectivity index (χ0) is 10.7. The first-order valence-corrected chi connectivity index (χ1v) is 4.17. The number of pyridine rings is 1. The molecule has 74 valence electrons. The summed E-state index contributed by atoms with van der Waals surface area (Å²) < 4.78 is 6.80. The maximum absolute atomic E-state index is 8.80. The summed E-state index contributed by atoms with van der Waals surface area (Å²) in [6.45, 7) is 0. The Balaban J connectivity index is 2.28. The Hall–Kier alpha value is -2.42. The molecule has 0 radical (unpaired) electrons. The van der Waals surface area contributed by atoms with Crippen molar-refractivity contribution in [2.45, 2.75) is 0 Å². The third-order valence-electron chi connectivity index (χ3n) is 1.68. The molecular formula is C9H7N5O. The van der Waals surface area contributed by atoms with Gasteiger partial charge in [-0.05, 0) is 6.07 Å². The topological polar surface area (TPSA) is 76.6 Å². The highest BCUT2D eigenvalue weighted by molar-refractivity contribution is 5.41. The molecule has 0 aliphatic rings. The van der Waals surface area contributed by atoms with Gasteiger partial charge in [0.05, 0.1) is 11.8 Å². The minimum atomic E-state index is 0.196. The molecule has 0 saturated heterocycles. The number of nitriles is 1. The van der Waals surface area contributed by atoms with Gasteiger partial charge in [0.2, 0.25) is 0 Å². The summed E-state index contributed by atoms with van der Waals surface area (Å²) >= 11 is 0. The van der Waals surface area contributed by atoms with Gasteiger partial charge < -0.3 is 4.74 Å². The third-order valence-corrected chi connectivity index (χ3v) is 1.68. The lowest BCUT2D eigenvalue weighted by atomic mass is 10.3. The standard InChI is InChI=1S/C9H7N5O/c1-14-6-12-9(13-14)15-8-5-11-3-2-7(8)4-10/h2-3,5-6H,1H3. The van der Waals surface area contributed by atoms with Crippen molar-refractivity contribution in [3.8, 4) is 17.8 Å². The molecule has 0 aliphatic carbocycles. The zero-order valence-corrected chi connectivity index (χ0v) is 7.95. The molecule has 0 N–H and O–H groups in total. The van der Waals surface area contributed by atoms with Crippen LogP contribution in [0.3, 0.4) is 0 Å². The molecule has 0 aromatic carbocycles. The Labute approximate surface area is 85.8 Å². The molecular weight excluding hydrogens is 194 g/mol. The number of aromatic nitrogens is 4. The highest BCUT2D eigenvalue weighted by atomic mass is 16.5. The molecule has 0 aliphatic heterocycles. The van der Waals surface area contributed by atoms with Crippen molar-refractivity contribution in [2.24, 2.45) is 7.05 Å². The van der Waals surface area contributed by atoms with Gasteiger partial charge in [-0.25, -0.2) is 0 Å². The van der Waals surface area contributed by atoms with E-state index in [1.807, 2.05) is 6.07 Å². The molecule has 0 unspecified atom stereocenters.